The number of nitrogens with one attached hydrogen (secondary N) is 1. The maximum Gasteiger partial charge on any atom is 0.194 e. The molecule has 0 spiro atoms. The van der Waals surface area contributed by atoms with Crippen LogP contribution in [0.5, 0.6) is 0 Å². The fourth-order valence-corrected chi connectivity index (χ4v) is 2.93. The number of piperazine rings is 1. The molecule has 0 bridgehead atoms. The van der Waals surface area contributed by atoms with Gasteiger partial charge in [-0.1, -0.05) is 12.8 Å². The number of hydrogen-bond acceptors (Lipinski definition) is 2. The third kappa shape index (κ3) is 4.51. The lowest BCUT2D eigenvalue weighted by molar-refractivity contribution is 0.159. The maximum atomic E-state index is 13.5. The Labute approximate surface area is 141 Å². The third-order valence-corrected chi connectivity index (χ3v) is 4.24. The van der Waals surface area contributed by atoms with Crippen LogP contribution in [-0.2, 0) is 0 Å². The first kappa shape index (κ1) is 19.6. The molecule has 1 saturated heterocycles. The SMILES string of the molecule is Cl.Cl.Fc1cc([C@@H](CC2CC2)N2CCNCC2)cc(F)c1F. The molecule has 1 atom stereocenters. The lowest BCUT2D eigenvalue weighted by atomic mass is 9.98. The van der Waals surface area contributed by atoms with Crippen molar-refractivity contribution in [3.05, 3.63) is 35.1 Å². The molecule has 1 saturated carbocycles. The van der Waals surface area contributed by atoms with Crippen molar-refractivity contribution in [3.63, 3.8) is 0 Å². The van der Waals surface area contributed by atoms with Crippen molar-refractivity contribution in [2.24, 2.45) is 5.92 Å². The fraction of sp³-hybridized carbons (Fsp3) is 0.600. The van der Waals surface area contributed by atoms with Crippen LogP contribution in [0.2, 0.25) is 0 Å². The Hall–Kier alpha value is -0.490. The summed E-state index contributed by atoms with van der Waals surface area (Å²) in [6.45, 7) is 3.48. The molecule has 1 heterocycles. The number of rotatable bonds is 4. The summed E-state index contributed by atoms with van der Waals surface area (Å²) in [5, 5.41) is 3.27. The van der Waals surface area contributed by atoms with Crippen molar-refractivity contribution in [1.82, 2.24) is 10.2 Å². The van der Waals surface area contributed by atoms with Gasteiger partial charge < -0.3 is 5.32 Å². The molecule has 2 nitrogen and oxygen atoms in total. The van der Waals surface area contributed by atoms with Crippen LogP contribution in [0.4, 0.5) is 13.2 Å². The van der Waals surface area contributed by atoms with Crippen LogP contribution in [-0.4, -0.2) is 31.1 Å². The monoisotopic (exact) mass is 356 g/mol. The molecule has 2 fully saturated rings. The van der Waals surface area contributed by atoms with Gasteiger partial charge in [0.25, 0.3) is 0 Å². The van der Waals surface area contributed by atoms with Crippen molar-refractivity contribution >= 4 is 24.8 Å². The minimum atomic E-state index is -1.38. The number of halogens is 5. The molecule has 1 aromatic carbocycles. The van der Waals surface area contributed by atoms with Gasteiger partial charge in [0, 0.05) is 32.2 Å². The van der Waals surface area contributed by atoms with E-state index in [0.29, 0.717) is 11.5 Å². The maximum absolute atomic E-state index is 13.5. The number of nitrogens with zero attached hydrogens (tertiary/aromatic N) is 1. The molecule has 126 valence electrons. The first-order valence-corrected chi connectivity index (χ1v) is 7.24. The molecule has 1 aromatic rings. The zero-order valence-electron chi connectivity index (χ0n) is 12.2. The summed E-state index contributed by atoms with van der Waals surface area (Å²) in [6.07, 6.45) is 3.29. The van der Waals surface area contributed by atoms with Gasteiger partial charge in [-0.3, -0.25) is 4.90 Å². The van der Waals surface area contributed by atoms with Gasteiger partial charge >= 0.3 is 0 Å². The van der Waals surface area contributed by atoms with E-state index < -0.39 is 17.5 Å². The molecule has 1 aliphatic carbocycles. The molecule has 0 aromatic heterocycles. The highest BCUT2D eigenvalue weighted by molar-refractivity contribution is 5.85. The van der Waals surface area contributed by atoms with Crippen molar-refractivity contribution in [3.8, 4) is 0 Å². The molecule has 3 rings (SSSR count). The third-order valence-electron chi connectivity index (χ3n) is 4.24. The van der Waals surface area contributed by atoms with Crippen molar-refractivity contribution in [1.29, 1.82) is 0 Å². The minimum Gasteiger partial charge on any atom is -0.314 e. The van der Waals surface area contributed by atoms with Gasteiger partial charge in [0.2, 0.25) is 0 Å². The predicted octanol–water partition coefficient (Wildman–Crippen LogP) is 3.69. The Bertz CT molecular complexity index is 469. The van der Waals surface area contributed by atoms with Crippen LogP contribution in [0.1, 0.15) is 30.9 Å². The van der Waals surface area contributed by atoms with Crippen LogP contribution in [0.3, 0.4) is 0 Å². The van der Waals surface area contributed by atoms with Crippen LogP contribution < -0.4 is 5.32 Å². The van der Waals surface area contributed by atoms with E-state index in [4.69, 9.17) is 0 Å². The molecule has 1 aliphatic heterocycles. The van der Waals surface area contributed by atoms with Crippen molar-refractivity contribution in [2.45, 2.75) is 25.3 Å². The molecule has 7 heteroatoms. The van der Waals surface area contributed by atoms with E-state index in [2.05, 4.69) is 10.2 Å². The lowest BCUT2D eigenvalue weighted by Crippen LogP contribution is -2.45. The Morgan fingerprint density at radius 2 is 1.59 bits per heavy atom. The molecule has 22 heavy (non-hydrogen) atoms. The van der Waals surface area contributed by atoms with E-state index >= 15 is 0 Å². The molecule has 0 radical (unpaired) electrons. The zero-order chi connectivity index (χ0) is 14.1. The van der Waals surface area contributed by atoms with Gasteiger partial charge in [-0.25, -0.2) is 13.2 Å². The van der Waals surface area contributed by atoms with E-state index in [0.717, 1.165) is 44.7 Å². The van der Waals surface area contributed by atoms with Crippen molar-refractivity contribution in [2.75, 3.05) is 26.2 Å². The van der Waals surface area contributed by atoms with E-state index in [9.17, 15) is 13.2 Å². The summed E-state index contributed by atoms with van der Waals surface area (Å²) >= 11 is 0. The van der Waals surface area contributed by atoms with E-state index in [1.165, 1.54) is 12.8 Å². The molecule has 1 N–H and O–H groups in total. The van der Waals surface area contributed by atoms with Crippen molar-refractivity contribution < 1.29 is 13.2 Å². The van der Waals surface area contributed by atoms with E-state index in [1.807, 2.05) is 0 Å². The van der Waals surface area contributed by atoms with Gasteiger partial charge in [-0.05, 0) is 30.0 Å². The van der Waals surface area contributed by atoms with Gasteiger partial charge in [0.15, 0.2) is 17.5 Å². The standard InChI is InChI=1S/C15H19F3N2.2ClH/c16-12-8-11(9-13(17)15(12)18)14(7-10-1-2-10)20-5-3-19-4-6-20;;/h8-10,14,19H,1-7H2;2*1H/t14-;;/m1../s1. The van der Waals surface area contributed by atoms with Gasteiger partial charge in [0.05, 0.1) is 0 Å². The van der Waals surface area contributed by atoms with E-state index in [1.54, 1.807) is 0 Å². The predicted molar refractivity (Wildman–Crippen MR) is 85.3 cm³/mol. The average molecular weight is 357 g/mol. The lowest BCUT2D eigenvalue weighted by Gasteiger charge is -2.35. The fourth-order valence-electron chi connectivity index (χ4n) is 2.93. The van der Waals surface area contributed by atoms with Gasteiger partial charge in [-0.15, -0.1) is 24.8 Å². The second-order valence-corrected chi connectivity index (χ2v) is 5.78. The Morgan fingerprint density at radius 1 is 1.05 bits per heavy atom. The highest BCUT2D eigenvalue weighted by Crippen LogP contribution is 2.40. The largest absolute Gasteiger partial charge is 0.314 e. The number of benzene rings is 1. The summed E-state index contributed by atoms with van der Waals surface area (Å²) in [5.74, 6) is -2.91. The second kappa shape index (κ2) is 8.39. The minimum absolute atomic E-state index is 0. The van der Waals surface area contributed by atoms with Crippen LogP contribution in [0, 0.1) is 23.4 Å². The van der Waals surface area contributed by atoms with E-state index in [-0.39, 0.29) is 30.9 Å². The topological polar surface area (TPSA) is 15.3 Å². The number of hydrogen-bond donors (Lipinski definition) is 1. The summed E-state index contributed by atoms with van der Waals surface area (Å²) < 4.78 is 40.1. The Morgan fingerprint density at radius 3 is 2.09 bits per heavy atom. The quantitative estimate of drug-likeness (QED) is 0.827. The summed E-state index contributed by atoms with van der Waals surface area (Å²) in [5.41, 5.74) is 0.565. The van der Waals surface area contributed by atoms with Gasteiger partial charge in [-0.2, -0.15) is 0 Å². The van der Waals surface area contributed by atoms with Crippen LogP contribution in [0.15, 0.2) is 12.1 Å². The van der Waals surface area contributed by atoms with Gasteiger partial charge in [0.1, 0.15) is 0 Å². The summed E-state index contributed by atoms with van der Waals surface area (Å²) in [7, 11) is 0. The van der Waals surface area contributed by atoms with Crippen LogP contribution in [0.25, 0.3) is 0 Å². The smallest absolute Gasteiger partial charge is 0.194 e. The first-order chi connectivity index (χ1) is 9.65. The Kier molecular flexibility index (Phi) is 7.46. The molecular weight excluding hydrogens is 336 g/mol. The molecule has 0 amide bonds. The zero-order valence-corrected chi connectivity index (χ0v) is 13.8. The Balaban J connectivity index is 0.00000121. The normalized spacial score (nSPS) is 20.0. The highest BCUT2D eigenvalue weighted by Gasteiger charge is 2.31. The summed E-state index contributed by atoms with van der Waals surface area (Å²) in [4.78, 5) is 2.25. The highest BCUT2D eigenvalue weighted by atomic mass is 35.5. The summed E-state index contributed by atoms with van der Waals surface area (Å²) in [6, 6.07) is 2.32. The molecular formula is C15H21Cl2F3N2. The first-order valence-electron chi connectivity index (χ1n) is 7.24. The molecule has 2 aliphatic rings. The molecule has 0 unspecified atom stereocenters. The second-order valence-electron chi connectivity index (χ2n) is 5.78. The average Bonchev–Trinajstić information content (AvgIpc) is 3.27. The van der Waals surface area contributed by atoms with Crippen LogP contribution >= 0.6 is 24.8 Å².